The van der Waals surface area contributed by atoms with Crippen LogP contribution in [0, 0.1) is 0 Å². The Hall–Kier alpha value is -1.76. The van der Waals surface area contributed by atoms with Crippen LogP contribution in [0.3, 0.4) is 0 Å². The molecule has 1 aromatic heterocycles. The molecule has 0 atom stereocenters. The number of halogens is 2. The summed E-state index contributed by atoms with van der Waals surface area (Å²) in [6.07, 6.45) is 4.77. The van der Waals surface area contributed by atoms with E-state index in [2.05, 4.69) is 4.37 Å². The Kier molecular flexibility index (Phi) is 5.44. The number of hydrogen-bond acceptors (Lipinski definition) is 4. The Morgan fingerprint density at radius 3 is 3.05 bits per heavy atom. The summed E-state index contributed by atoms with van der Waals surface area (Å²) in [4.78, 5) is 13.3. The van der Waals surface area contributed by atoms with E-state index in [9.17, 15) is 13.6 Å². The second kappa shape index (κ2) is 7.31. The van der Waals surface area contributed by atoms with Gasteiger partial charge in [-0.05, 0) is 49.4 Å². The summed E-state index contributed by atoms with van der Waals surface area (Å²) in [5.41, 5.74) is 0.0952. The van der Waals surface area contributed by atoms with Crippen molar-refractivity contribution in [2.75, 3.05) is 13.2 Å². The fraction of sp³-hybridized carbons (Fsp3) is 0.429. The average molecular weight is 314 g/mol. The summed E-state index contributed by atoms with van der Waals surface area (Å²) in [5.74, 6) is 0. The number of nitrogens with zero attached hydrogens (tertiary/aromatic N) is 2. The predicted octanol–water partition coefficient (Wildman–Crippen LogP) is 2.45. The number of unbranched alkanes of at least 4 members (excludes halogenated alkanes) is 1. The average Bonchev–Trinajstić information content (AvgIpc) is 2.93. The van der Waals surface area contributed by atoms with Gasteiger partial charge >= 0.3 is 6.09 Å². The van der Waals surface area contributed by atoms with Crippen molar-refractivity contribution in [2.24, 2.45) is 0 Å². The molecule has 0 aliphatic carbocycles. The van der Waals surface area contributed by atoms with Gasteiger partial charge in [-0.3, -0.25) is 4.90 Å². The zero-order valence-corrected chi connectivity index (χ0v) is 12.5. The van der Waals surface area contributed by atoms with Crippen molar-refractivity contribution < 1.29 is 18.3 Å². The molecule has 0 radical (unpaired) electrons. The highest BCUT2D eigenvalue weighted by atomic mass is 32.1. The molecule has 1 amide bonds. The lowest BCUT2D eigenvalue weighted by Crippen LogP contribution is -2.36. The number of rotatable bonds is 5. The lowest BCUT2D eigenvalue weighted by atomic mass is 10.1. The number of ether oxygens (including phenoxy) is 1. The van der Waals surface area contributed by atoms with Crippen molar-refractivity contribution >= 4 is 29.9 Å². The SMILES string of the molecule is CC(CCCCOC(=O)N1C=c2cnsc2=CC1)=C(F)F. The molecule has 2 heterocycles. The Labute approximate surface area is 125 Å². The topological polar surface area (TPSA) is 42.4 Å². The lowest BCUT2D eigenvalue weighted by molar-refractivity contribution is 0.122. The molecule has 0 aromatic carbocycles. The fourth-order valence-electron chi connectivity index (χ4n) is 1.87. The van der Waals surface area contributed by atoms with E-state index in [-0.39, 0.29) is 12.2 Å². The lowest BCUT2D eigenvalue weighted by Gasteiger charge is -2.17. The smallest absolute Gasteiger partial charge is 0.414 e. The van der Waals surface area contributed by atoms with E-state index in [1.807, 2.05) is 6.08 Å². The van der Waals surface area contributed by atoms with Crippen LogP contribution in [0.15, 0.2) is 17.9 Å². The normalized spacial score (nSPS) is 13.0. The van der Waals surface area contributed by atoms with Crippen LogP contribution in [0.4, 0.5) is 13.6 Å². The number of fused-ring (bicyclic) bond motifs is 1. The molecule has 114 valence electrons. The fourth-order valence-corrected chi connectivity index (χ4v) is 2.51. The van der Waals surface area contributed by atoms with E-state index < -0.39 is 12.2 Å². The monoisotopic (exact) mass is 314 g/mol. The zero-order valence-electron chi connectivity index (χ0n) is 11.6. The predicted molar refractivity (Wildman–Crippen MR) is 77.1 cm³/mol. The third-order valence-electron chi connectivity index (χ3n) is 3.12. The van der Waals surface area contributed by atoms with Gasteiger partial charge in [0.2, 0.25) is 0 Å². The number of hydrogen-bond donors (Lipinski definition) is 0. The largest absolute Gasteiger partial charge is 0.449 e. The molecule has 0 bridgehead atoms. The van der Waals surface area contributed by atoms with Crippen molar-refractivity contribution in [1.29, 1.82) is 0 Å². The molecule has 0 spiro atoms. The third kappa shape index (κ3) is 4.35. The molecule has 0 saturated heterocycles. The van der Waals surface area contributed by atoms with E-state index in [1.54, 1.807) is 12.4 Å². The summed E-state index contributed by atoms with van der Waals surface area (Å²) in [5, 5.41) is 0.905. The first-order chi connectivity index (χ1) is 10.1. The molecule has 0 saturated carbocycles. The second-order valence-corrected chi connectivity index (χ2v) is 5.58. The summed E-state index contributed by atoms with van der Waals surface area (Å²) in [7, 11) is 0. The van der Waals surface area contributed by atoms with Crippen molar-refractivity contribution in [1.82, 2.24) is 9.27 Å². The first kappa shape index (κ1) is 15.6. The molecule has 1 aromatic rings. The number of amides is 1. The van der Waals surface area contributed by atoms with Crippen LogP contribution in [0.5, 0.6) is 0 Å². The van der Waals surface area contributed by atoms with Gasteiger partial charge in [-0.2, -0.15) is 13.2 Å². The Balaban J connectivity index is 1.73. The molecule has 0 fully saturated rings. The molecule has 0 N–H and O–H groups in total. The molecule has 4 nitrogen and oxygen atoms in total. The highest BCUT2D eigenvalue weighted by molar-refractivity contribution is 7.03. The van der Waals surface area contributed by atoms with Crippen LogP contribution in [0.25, 0.3) is 12.3 Å². The molecule has 2 rings (SSSR count). The van der Waals surface area contributed by atoms with Crippen molar-refractivity contribution in [2.45, 2.75) is 26.2 Å². The third-order valence-corrected chi connectivity index (χ3v) is 3.93. The summed E-state index contributed by atoms with van der Waals surface area (Å²) >= 11 is 1.39. The minimum atomic E-state index is -1.62. The molecule has 1 aliphatic rings. The van der Waals surface area contributed by atoms with Crippen LogP contribution < -0.4 is 9.75 Å². The molecular formula is C14H16F2N2O2S. The number of carbonyl (C=O) groups is 1. The first-order valence-corrected chi connectivity index (χ1v) is 7.42. The van der Waals surface area contributed by atoms with Crippen LogP contribution in [-0.4, -0.2) is 28.5 Å². The maximum Gasteiger partial charge on any atom is 0.414 e. The van der Waals surface area contributed by atoms with E-state index in [4.69, 9.17) is 4.74 Å². The van der Waals surface area contributed by atoms with Gasteiger partial charge in [0.1, 0.15) is 0 Å². The summed E-state index contributed by atoms with van der Waals surface area (Å²) < 4.78 is 34.6. The van der Waals surface area contributed by atoms with Gasteiger partial charge in [-0.25, -0.2) is 4.79 Å². The Morgan fingerprint density at radius 1 is 1.48 bits per heavy atom. The van der Waals surface area contributed by atoms with Gasteiger partial charge in [-0.1, -0.05) is 0 Å². The zero-order chi connectivity index (χ0) is 15.2. The van der Waals surface area contributed by atoms with Gasteiger partial charge in [0.25, 0.3) is 6.08 Å². The summed E-state index contributed by atoms with van der Waals surface area (Å²) in [6, 6.07) is 0. The molecule has 1 aliphatic heterocycles. The van der Waals surface area contributed by atoms with Gasteiger partial charge in [0.15, 0.2) is 0 Å². The molecule has 0 unspecified atom stereocenters. The maximum absolute atomic E-state index is 12.2. The second-order valence-electron chi connectivity index (χ2n) is 4.74. The molecular weight excluding hydrogens is 298 g/mol. The Morgan fingerprint density at radius 2 is 2.29 bits per heavy atom. The minimum absolute atomic E-state index is 0.0952. The maximum atomic E-state index is 12.2. The van der Waals surface area contributed by atoms with Crippen LogP contribution >= 0.6 is 11.5 Å². The number of carbonyl (C=O) groups excluding carboxylic acids is 1. The number of allylic oxidation sites excluding steroid dienone is 1. The van der Waals surface area contributed by atoms with Crippen LogP contribution in [-0.2, 0) is 4.74 Å². The van der Waals surface area contributed by atoms with Gasteiger partial charge < -0.3 is 4.74 Å². The number of aromatic nitrogens is 1. The van der Waals surface area contributed by atoms with Crippen LogP contribution in [0.1, 0.15) is 26.2 Å². The van der Waals surface area contributed by atoms with E-state index >= 15 is 0 Å². The summed E-state index contributed by atoms with van der Waals surface area (Å²) in [6.45, 7) is 2.11. The van der Waals surface area contributed by atoms with E-state index in [1.165, 1.54) is 23.4 Å². The first-order valence-electron chi connectivity index (χ1n) is 6.65. The van der Waals surface area contributed by atoms with Gasteiger partial charge in [0, 0.05) is 24.2 Å². The van der Waals surface area contributed by atoms with Crippen molar-refractivity contribution in [3.05, 3.63) is 27.6 Å². The van der Waals surface area contributed by atoms with Crippen molar-refractivity contribution in [3.8, 4) is 0 Å². The highest BCUT2D eigenvalue weighted by Crippen LogP contribution is 2.14. The molecule has 21 heavy (non-hydrogen) atoms. The van der Waals surface area contributed by atoms with E-state index in [0.29, 0.717) is 25.8 Å². The quantitative estimate of drug-likeness (QED) is 0.784. The van der Waals surface area contributed by atoms with Gasteiger partial charge in [0.05, 0.1) is 11.1 Å². The van der Waals surface area contributed by atoms with Crippen LogP contribution in [0.2, 0.25) is 0 Å². The minimum Gasteiger partial charge on any atom is -0.449 e. The Bertz CT molecular complexity index is 650. The van der Waals surface area contributed by atoms with Gasteiger partial charge in [-0.15, -0.1) is 0 Å². The standard InChI is InChI=1S/C14H16F2N2O2S/c1-10(13(15)16)4-2-3-7-20-14(19)18-6-5-12-11(9-18)8-17-21-12/h5,8-9H,2-4,6-7H2,1H3. The highest BCUT2D eigenvalue weighted by Gasteiger charge is 2.14. The van der Waals surface area contributed by atoms with Crippen molar-refractivity contribution in [3.63, 3.8) is 0 Å². The molecule has 7 heteroatoms. The van der Waals surface area contributed by atoms with E-state index in [0.717, 1.165) is 9.75 Å².